The minimum atomic E-state index is -1.24. The first-order valence-electron chi connectivity index (χ1n) is 4.78. The van der Waals surface area contributed by atoms with Crippen molar-refractivity contribution < 1.29 is 13.9 Å². The van der Waals surface area contributed by atoms with E-state index in [-0.39, 0.29) is 5.56 Å². The van der Waals surface area contributed by atoms with Crippen molar-refractivity contribution >= 4 is 11.3 Å². The summed E-state index contributed by atoms with van der Waals surface area (Å²) >= 11 is 1.32. The molecule has 1 atom stereocenters. The van der Waals surface area contributed by atoms with Gasteiger partial charge in [-0.15, -0.1) is 11.3 Å². The highest BCUT2D eigenvalue weighted by Crippen LogP contribution is 2.30. The molecule has 0 radical (unpaired) electrons. The Balaban J connectivity index is 2.45. The lowest BCUT2D eigenvalue weighted by molar-refractivity contribution is 0.213. The molecule has 0 fully saturated rings. The lowest BCUT2D eigenvalue weighted by Crippen LogP contribution is -2.03. The number of benzene rings is 1. The summed E-state index contributed by atoms with van der Waals surface area (Å²) in [5.74, 6) is -1.45. The van der Waals surface area contributed by atoms with E-state index in [0.717, 1.165) is 17.0 Å². The molecular weight excluding hydrogens is 230 g/mol. The van der Waals surface area contributed by atoms with Gasteiger partial charge in [-0.3, -0.25) is 0 Å². The summed E-state index contributed by atoms with van der Waals surface area (Å²) < 4.78 is 26.8. The summed E-state index contributed by atoms with van der Waals surface area (Å²) in [4.78, 5) is 1.53. The zero-order valence-corrected chi connectivity index (χ0v) is 9.39. The average molecular weight is 240 g/mol. The van der Waals surface area contributed by atoms with Crippen LogP contribution in [0.25, 0.3) is 0 Å². The predicted octanol–water partition coefficient (Wildman–Crippen LogP) is 3.42. The number of rotatable bonds is 2. The molecule has 2 rings (SSSR count). The molecule has 0 saturated carbocycles. The number of aliphatic hydroxyl groups is 1. The third kappa shape index (κ3) is 1.99. The Bertz CT molecular complexity index is 487. The number of hydrogen-bond acceptors (Lipinski definition) is 2. The third-order valence-corrected chi connectivity index (χ3v) is 3.36. The van der Waals surface area contributed by atoms with Crippen LogP contribution in [-0.2, 0) is 0 Å². The van der Waals surface area contributed by atoms with E-state index in [0.29, 0.717) is 4.88 Å². The molecule has 1 unspecified atom stereocenters. The average Bonchev–Trinajstić information content (AvgIpc) is 2.64. The van der Waals surface area contributed by atoms with E-state index < -0.39 is 17.7 Å². The van der Waals surface area contributed by atoms with Gasteiger partial charge >= 0.3 is 0 Å². The molecular formula is C12H10F2OS. The van der Waals surface area contributed by atoms with Gasteiger partial charge in [0.05, 0.1) is 5.56 Å². The molecule has 0 spiro atoms. The van der Waals surface area contributed by atoms with E-state index in [1.807, 2.05) is 13.0 Å². The highest BCUT2D eigenvalue weighted by atomic mass is 32.1. The summed E-state index contributed by atoms with van der Waals surface area (Å²) in [5, 5.41) is 9.90. The van der Waals surface area contributed by atoms with Gasteiger partial charge in [0.2, 0.25) is 0 Å². The van der Waals surface area contributed by atoms with Crippen LogP contribution in [0.15, 0.2) is 30.3 Å². The Labute approximate surface area is 96.0 Å². The zero-order valence-electron chi connectivity index (χ0n) is 8.58. The maximum absolute atomic E-state index is 13.4. The second-order valence-corrected chi connectivity index (χ2v) is 4.81. The van der Waals surface area contributed by atoms with Crippen molar-refractivity contribution in [3.05, 3.63) is 57.3 Å². The molecule has 0 bridgehead atoms. The zero-order chi connectivity index (χ0) is 11.7. The quantitative estimate of drug-likeness (QED) is 0.852. The summed E-state index contributed by atoms with van der Waals surface area (Å²) in [5.41, 5.74) is -0.288. The van der Waals surface area contributed by atoms with Gasteiger partial charge in [-0.25, -0.2) is 8.78 Å². The number of hydrogen-bond donors (Lipinski definition) is 1. The van der Waals surface area contributed by atoms with Gasteiger partial charge in [0, 0.05) is 9.75 Å². The molecule has 1 aromatic carbocycles. The Hall–Kier alpha value is -1.26. The van der Waals surface area contributed by atoms with Crippen molar-refractivity contribution in [2.45, 2.75) is 13.0 Å². The van der Waals surface area contributed by atoms with Crippen LogP contribution in [0.4, 0.5) is 8.78 Å². The Morgan fingerprint density at radius 1 is 1.12 bits per heavy atom. The van der Waals surface area contributed by atoms with E-state index in [4.69, 9.17) is 0 Å². The minimum Gasteiger partial charge on any atom is -0.383 e. The molecule has 0 amide bonds. The molecule has 84 valence electrons. The van der Waals surface area contributed by atoms with E-state index in [1.54, 1.807) is 6.07 Å². The summed E-state index contributed by atoms with van der Waals surface area (Å²) in [6, 6.07) is 7.04. The van der Waals surface area contributed by atoms with Gasteiger partial charge in [-0.2, -0.15) is 0 Å². The molecule has 0 saturated heterocycles. The van der Waals surface area contributed by atoms with Crippen molar-refractivity contribution in [3.63, 3.8) is 0 Å². The van der Waals surface area contributed by atoms with Crippen molar-refractivity contribution in [2.24, 2.45) is 0 Å². The Morgan fingerprint density at radius 2 is 1.75 bits per heavy atom. The first kappa shape index (κ1) is 11.2. The molecule has 1 nitrogen and oxygen atoms in total. The lowest BCUT2D eigenvalue weighted by atomic mass is 10.1. The highest BCUT2D eigenvalue weighted by molar-refractivity contribution is 7.12. The highest BCUT2D eigenvalue weighted by Gasteiger charge is 2.20. The largest absolute Gasteiger partial charge is 0.383 e. The number of halogens is 2. The Morgan fingerprint density at radius 3 is 2.25 bits per heavy atom. The molecule has 16 heavy (non-hydrogen) atoms. The fourth-order valence-corrected chi connectivity index (χ4v) is 2.39. The second kappa shape index (κ2) is 4.31. The SMILES string of the molecule is Cc1ccc(C(O)c2c(F)cccc2F)s1. The number of thiophene rings is 1. The van der Waals surface area contributed by atoms with Gasteiger partial charge in [-0.1, -0.05) is 6.07 Å². The van der Waals surface area contributed by atoms with Crippen LogP contribution in [0.2, 0.25) is 0 Å². The van der Waals surface area contributed by atoms with Gasteiger partial charge in [0.25, 0.3) is 0 Å². The van der Waals surface area contributed by atoms with Gasteiger partial charge in [0.1, 0.15) is 17.7 Å². The maximum Gasteiger partial charge on any atom is 0.132 e. The fourth-order valence-electron chi connectivity index (χ4n) is 1.51. The van der Waals surface area contributed by atoms with Gasteiger partial charge in [-0.05, 0) is 31.2 Å². The predicted molar refractivity (Wildman–Crippen MR) is 59.5 cm³/mol. The number of aryl methyl sites for hydroxylation is 1. The van der Waals surface area contributed by atoms with E-state index in [1.165, 1.54) is 17.4 Å². The van der Waals surface area contributed by atoms with Gasteiger partial charge in [0.15, 0.2) is 0 Å². The third-order valence-electron chi connectivity index (χ3n) is 2.30. The van der Waals surface area contributed by atoms with Crippen LogP contribution in [0, 0.1) is 18.6 Å². The lowest BCUT2D eigenvalue weighted by Gasteiger charge is -2.10. The van der Waals surface area contributed by atoms with Crippen LogP contribution in [0.5, 0.6) is 0 Å². The van der Waals surface area contributed by atoms with E-state index in [2.05, 4.69) is 0 Å². The summed E-state index contributed by atoms with van der Waals surface area (Å²) in [6.07, 6.45) is -1.24. The molecule has 0 aliphatic heterocycles. The molecule has 1 heterocycles. The second-order valence-electron chi connectivity index (χ2n) is 3.49. The topological polar surface area (TPSA) is 20.2 Å². The normalized spacial score (nSPS) is 12.8. The van der Waals surface area contributed by atoms with E-state index >= 15 is 0 Å². The van der Waals surface area contributed by atoms with Crippen molar-refractivity contribution in [1.82, 2.24) is 0 Å². The fraction of sp³-hybridized carbons (Fsp3) is 0.167. The van der Waals surface area contributed by atoms with Crippen molar-refractivity contribution in [2.75, 3.05) is 0 Å². The van der Waals surface area contributed by atoms with Crippen LogP contribution in [-0.4, -0.2) is 5.11 Å². The summed E-state index contributed by atoms with van der Waals surface area (Å²) in [6.45, 7) is 1.87. The first-order valence-corrected chi connectivity index (χ1v) is 5.59. The van der Waals surface area contributed by atoms with Crippen LogP contribution < -0.4 is 0 Å². The molecule has 0 aliphatic rings. The van der Waals surface area contributed by atoms with Crippen molar-refractivity contribution in [1.29, 1.82) is 0 Å². The molecule has 1 N–H and O–H groups in total. The first-order chi connectivity index (χ1) is 7.59. The smallest absolute Gasteiger partial charge is 0.132 e. The van der Waals surface area contributed by atoms with E-state index in [9.17, 15) is 13.9 Å². The van der Waals surface area contributed by atoms with Crippen LogP contribution in [0.1, 0.15) is 21.4 Å². The van der Waals surface area contributed by atoms with Crippen LogP contribution >= 0.6 is 11.3 Å². The van der Waals surface area contributed by atoms with Gasteiger partial charge < -0.3 is 5.11 Å². The minimum absolute atomic E-state index is 0.288. The van der Waals surface area contributed by atoms with Crippen molar-refractivity contribution in [3.8, 4) is 0 Å². The molecule has 0 aliphatic carbocycles. The Kier molecular flexibility index (Phi) is 3.03. The summed E-state index contributed by atoms with van der Waals surface area (Å²) in [7, 11) is 0. The number of aliphatic hydroxyl groups excluding tert-OH is 1. The maximum atomic E-state index is 13.4. The molecule has 1 aromatic heterocycles. The standard InChI is InChI=1S/C12H10F2OS/c1-7-5-6-10(16-7)12(15)11-8(13)3-2-4-9(11)14/h2-6,12,15H,1H3. The molecule has 4 heteroatoms. The molecule has 2 aromatic rings. The monoisotopic (exact) mass is 240 g/mol. The van der Waals surface area contributed by atoms with Crippen LogP contribution in [0.3, 0.4) is 0 Å².